The quantitative estimate of drug-likeness (QED) is 0.857. The molecule has 1 atom stereocenters. The Bertz CT molecular complexity index is 570. The lowest BCUT2D eigenvalue weighted by molar-refractivity contribution is 0.0727. The van der Waals surface area contributed by atoms with Gasteiger partial charge in [-0.1, -0.05) is 11.8 Å². The van der Waals surface area contributed by atoms with Crippen LogP contribution in [0, 0.1) is 23.6 Å². The van der Waals surface area contributed by atoms with E-state index in [1.54, 1.807) is 18.0 Å². The first-order valence-corrected chi connectivity index (χ1v) is 6.80. The van der Waals surface area contributed by atoms with Crippen molar-refractivity contribution in [3.63, 3.8) is 0 Å². The van der Waals surface area contributed by atoms with Gasteiger partial charge in [-0.15, -0.1) is 0 Å². The van der Waals surface area contributed by atoms with Crippen molar-refractivity contribution in [1.29, 1.82) is 0 Å². The number of nitrogens with zero attached hydrogens (tertiary/aromatic N) is 1. The topological polar surface area (TPSA) is 46.3 Å². The molecule has 106 valence electrons. The number of benzene rings is 1. The van der Waals surface area contributed by atoms with Gasteiger partial charge in [0.15, 0.2) is 0 Å². The van der Waals surface area contributed by atoms with Crippen LogP contribution in [0.3, 0.4) is 0 Å². The highest BCUT2D eigenvalue weighted by molar-refractivity contribution is 5.94. The van der Waals surface area contributed by atoms with Crippen molar-refractivity contribution in [3.8, 4) is 11.8 Å². The van der Waals surface area contributed by atoms with Gasteiger partial charge in [0.25, 0.3) is 5.91 Å². The third-order valence-electron chi connectivity index (χ3n) is 3.78. The van der Waals surface area contributed by atoms with E-state index in [9.17, 15) is 9.18 Å². The zero-order chi connectivity index (χ0) is 14.7. The van der Waals surface area contributed by atoms with Crippen molar-refractivity contribution in [1.82, 2.24) is 4.90 Å². The van der Waals surface area contributed by atoms with Crippen molar-refractivity contribution in [2.24, 2.45) is 11.7 Å². The van der Waals surface area contributed by atoms with E-state index in [1.807, 2.05) is 6.92 Å². The molecule has 1 aromatic carbocycles. The summed E-state index contributed by atoms with van der Waals surface area (Å²) >= 11 is 0. The van der Waals surface area contributed by atoms with Crippen LogP contribution >= 0.6 is 0 Å². The molecule has 0 bridgehead atoms. The number of rotatable bonds is 3. The molecule has 2 N–H and O–H groups in total. The van der Waals surface area contributed by atoms with Crippen LogP contribution in [-0.2, 0) is 0 Å². The largest absolute Gasteiger partial charge is 0.339 e. The van der Waals surface area contributed by atoms with Crippen LogP contribution < -0.4 is 5.73 Å². The molecule has 0 aromatic heterocycles. The van der Waals surface area contributed by atoms with Gasteiger partial charge in [0.2, 0.25) is 0 Å². The second-order valence-electron chi connectivity index (χ2n) is 5.19. The molecule has 1 aromatic rings. The third-order valence-corrected chi connectivity index (χ3v) is 3.78. The SMILES string of the molecule is CC(C1CC1)N(C)C(=O)c1ccc(C#CCN)c(F)c1. The minimum absolute atomic E-state index is 0.151. The molecule has 1 aliphatic rings. The number of carbonyl (C=O) groups excluding carboxylic acids is 1. The first-order valence-electron chi connectivity index (χ1n) is 6.80. The Balaban J connectivity index is 2.16. The Labute approximate surface area is 119 Å². The summed E-state index contributed by atoms with van der Waals surface area (Å²) in [6.07, 6.45) is 2.33. The second kappa shape index (κ2) is 6.06. The van der Waals surface area contributed by atoms with Crippen molar-refractivity contribution in [2.75, 3.05) is 13.6 Å². The average Bonchev–Trinajstić information content (AvgIpc) is 3.28. The van der Waals surface area contributed by atoms with Gasteiger partial charge < -0.3 is 10.6 Å². The zero-order valence-electron chi connectivity index (χ0n) is 11.8. The fourth-order valence-corrected chi connectivity index (χ4v) is 2.18. The molecule has 1 amide bonds. The molecule has 1 fully saturated rings. The highest BCUT2D eigenvalue weighted by Gasteiger charge is 2.32. The summed E-state index contributed by atoms with van der Waals surface area (Å²) in [5.41, 5.74) is 5.88. The van der Waals surface area contributed by atoms with Gasteiger partial charge in [0.05, 0.1) is 12.1 Å². The average molecular weight is 274 g/mol. The van der Waals surface area contributed by atoms with Crippen LogP contribution in [-0.4, -0.2) is 30.4 Å². The van der Waals surface area contributed by atoms with Crippen LogP contribution in [0.2, 0.25) is 0 Å². The molecule has 1 unspecified atom stereocenters. The van der Waals surface area contributed by atoms with Gasteiger partial charge >= 0.3 is 0 Å². The molecule has 0 radical (unpaired) electrons. The molecule has 0 saturated heterocycles. The molecule has 0 heterocycles. The molecule has 4 heteroatoms. The van der Waals surface area contributed by atoms with Crippen molar-refractivity contribution in [3.05, 3.63) is 35.1 Å². The zero-order valence-corrected chi connectivity index (χ0v) is 11.8. The van der Waals surface area contributed by atoms with Crippen molar-refractivity contribution >= 4 is 5.91 Å². The predicted octanol–water partition coefficient (Wildman–Crippen LogP) is 2.01. The molecule has 1 saturated carbocycles. The summed E-state index contributed by atoms with van der Waals surface area (Å²) < 4.78 is 13.9. The molecule has 2 rings (SSSR count). The Morgan fingerprint density at radius 3 is 2.80 bits per heavy atom. The number of halogens is 1. The number of hydrogen-bond acceptors (Lipinski definition) is 2. The van der Waals surface area contributed by atoms with Crippen LogP contribution in [0.4, 0.5) is 4.39 Å². The van der Waals surface area contributed by atoms with E-state index in [4.69, 9.17) is 5.73 Å². The maximum Gasteiger partial charge on any atom is 0.253 e. The highest BCUT2D eigenvalue weighted by atomic mass is 19.1. The molecule has 1 aliphatic carbocycles. The van der Waals surface area contributed by atoms with Gasteiger partial charge in [0.1, 0.15) is 5.82 Å². The maximum absolute atomic E-state index is 13.9. The lowest BCUT2D eigenvalue weighted by Crippen LogP contribution is -2.36. The van der Waals surface area contributed by atoms with Crippen LogP contribution in [0.5, 0.6) is 0 Å². The fraction of sp³-hybridized carbons (Fsp3) is 0.438. The predicted molar refractivity (Wildman–Crippen MR) is 76.6 cm³/mol. The second-order valence-corrected chi connectivity index (χ2v) is 5.19. The Hall–Kier alpha value is -1.86. The normalized spacial score (nSPS) is 15.2. The maximum atomic E-state index is 13.9. The van der Waals surface area contributed by atoms with Crippen molar-refractivity contribution < 1.29 is 9.18 Å². The number of nitrogens with two attached hydrogens (primary N) is 1. The summed E-state index contributed by atoms with van der Waals surface area (Å²) in [4.78, 5) is 14.0. The van der Waals surface area contributed by atoms with E-state index in [2.05, 4.69) is 11.8 Å². The lowest BCUT2D eigenvalue weighted by atomic mass is 10.1. The van der Waals surface area contributed by atoms with E-state index in [0.29, 0.717) is 11.5 Å². The monoisotopic (exact) mass is 274 g/mol. The van der Waals surface area contributed by atoms with E-state index >= 15 is 0 Å². The number of amides is 1. The first-order chi connectivity index (χ1) is 9.54. The van der Waals surface area contributed by atoms with Crippen LogP contribution in [0.15, 0.2) is 18.2 Å². The third kappa shape index (κ3) is 3.17. The van der Waals surface area contributed by atoms with E-state index in [-0.39, 0.29) is 24.1 Å². The number of carbonyl (C=O) groups is 1. The highest BCUT2D eigenvalue weighted by Crippen LogP contribution is 2.35. The molecular formula is C16H19FN2O. The standard InChI is InChI=1S/C16H19FN2O/c1-11(12-5-6-12)19(2)16(20)14-8-7-13(4-3-9-18)15(17)10-14/h7-8,10-12H,5-6,9,18H2,1-2H3. The molecule has 20 heavy (non-hydrogen) atoms. The van der Waals surface area contributed by atoms with Crippen LogP contribution in [0.1, 0.15) is 35.7 Å². The molecule has 0 aliphatic heterocycles. The minimum atomic E-state index is -0.482. The fourth-order valence-electron chi connectivity index (χ4n) is 2.18. The molecule has 3 nitrogen and oxygen atoms in total. The van der Waals surface area contributed by atoms with E-state index < -0.39 is 5.82 Å². The van der Waals surface area contributed by atoms with E-state index in [1.165, 1.54) is 25.0 Å². The van der Waals surface area contributed by atoms with Gasteiger partial charge in [-0.3, -0.25) is 4.79 Å². The number of hydrogen-bond donors (Lipinski definition) is 1. The Morgan fingerprint density at radius 2 is 2.25 bits per heavy atom. The Kier molecular flexibility index (Phi) is 4.41. The Morgan fingerprint density at radius 1 is 1.55 bits per heavy atom. The van der Waals surface area contributed by atoms with Gasteiger partial charge in [0, 0.05) is 18.7 Å². The first kappa shape index (κ1) is 14.5. The van der Waals surface area contributed by atoms with Gasteiger partial charge in [-0.05, 0) is 43.9 Å². The summed E-state index contributed by atoms with van der Waals surface area (Å²) in [6.45, 7) is 2.22. The van der Waals surface area contributed by atoms with Gasteiger partial charge in [-0.25, -0.2) is 4.39 Å². The minimum Gasteiger partial charge on any atom is -0.339 e. The summed E-state index contributed by atoms with van der Waals surface area (Å²) in [7, 11) is 1.77. The van der Waals surface area contributed by atoms with Crippen molar-refractivity contribution in [2.45, 2.75) is 25.8 Å². The molecule has 0 spiro atoms. The smallest absolute Gasteiger partial charge is 0.253 e. The summed E-state index contributed by atoms with van der Waals surface area (Å²) in [6, 6.07) is 4.59. The van der Waals surface area contributed by atoms with E-state index in [0.717, 1.165) is 0 Å². The lowest BCUT2D eigenvalue weighted by Gasteiger charge is -2.25. The van der Waals surface area contributed by atoms with Crippen LogP contribution in [0.25, 0.3) is 0 Å². The molecular weight excluding hydrogens is 255 g/mol. The summed E-state index contributed by atoms with van der Waals surface area (Å²) in [5.74, 6) is 5.20. The summed E-state index contributed by atoms with van der Waals surface area (Å²) in [5, 5.41) is 0. The van der Waals surface area contributed by atoms with Gasteiger partial charge in [-0.2, -0.15) is 0 Å².